The van der Waals surface area contributed by atoms with Gasteiger partial charge in [-0.05, 0) is 70.2 Å². The fourth-order valence-electron chi connectivity index (χ4n) is 6.50. The smallest absolute Gasteiger partial charge is 0.314 e. The second kappa shape index (κ2) is 14.7. The highest BCUT2D eigenvalue weighted by Gasteiger charge is 2.40. The average molecular weight is 710 g/mol. The quantitative estimate of drug-likeness (QED) is 0.0789. The summed E-state index contributed by atoms with van der Waals surface area (Å²) in [5, 5.41) is 0.311. The SMILES string of the molecule is CCCN=CC1=Cc2cc3c(cc2[C@@H](c2cc(OC)c(OC)c(OC)c2)[C@@H]1C(=O)OCc1ccc(Cn2cnc4c(Cl)ncnc42)cc1)OCO3. The van der Waals surface area contributed by atoms with E-state index in [1.165, 1.54) is 6.33 Å². The Kier molecular flexibility index (Phi) is 9.76. The van der Waals surface area contributed by atoms with Crippen LogP contribution in [0.1, 0.15) is 47.1 Å². The van der Waals surface area contributed by atoms with Crippen LogP contribution < -0.4 is 23.7 Å². The van der Waals surface area contributed by atoms with E-state index < -0.39 is 17.8 Å². The van der Waals surface area contributed by atoms with E-state index in [0.717, 1.165) is 34.2 Å². The first-order chi connectivity index (χ1) is 24.9. The van der Waals surface area contributed by atoms with Crippen molar-refractivity contribution in [3.63, 3.8) is 0 Å². The second-order valence-electron chi connectivity index (χ2n) is 12.1. The van der Waals surface area contributed by atoms with E-state index in [-0.39, 0.29) is 13.4 Å². The molecule has 0 saturated carbocycles. The maximum absolute atomic E-state index is 14.4. The molecule has 51 heavy (non-hydrogen) atoms. The van der Waals surface area contributed by atoms with Crippen LogP contribution in [0.2, 0.25) is 5.15 Å². The van der Waals surface area contributed by atoms with Gasteiger partial charge in [0, 0.05) is 18.7 Å². The van der Waals surface area contributed by atoms with Gasteiger partial charge in [-0.25, -0.2) is 15.0 Å². The highest BCUT2D eigenvalue weighted by Crippen LogP contribution is 2.50. The molecule has 1 aliphatic carbocycles. The van der Waals surface area contributed by atoms with E-state index in [1.807, 2.05) is 59.2 Å². The molecule has 0 N–H and O–H groups in total. The summed E-state index contributed by atoms with van der Waals surface area (Å²) in [5.41, 5.74) is 6.29. The lowest BCUT2D eigenvalue weighted by Gasteiger charge is -2.33. The van der Waals surface area contributed by atoms with Crippen LogP contribution in [0.3, 0.4) is 0 Å². The molecule has 3 aromatic carbocycles. The number of aliphatic imine (C=N–C) groups is 1. The third-order valence-corrected chi connectivity index (χ3v) is 9.21. The van der Waals surface area contributed by atoms with E-state index in [0.29, 0.717) is 63.7 Å². The molecule has 7 rings (SSSR count). The molecule has 0 fully saturated rings. The van der Waals surface area contributed by atoms with Crippen LogP contribution in [-0.4, -0.2) is 66.4 Å². The van der Waals surface area contributed by atoms with Crippen molar-refractivity contribution in [2.75, 3.05) is 34.7 Å². The van der Waals surface area contributed by atoms with Crippen molar-refractivity contribution in [3.8, 4) is 28.7 Å². The number of benzene rings is 3. The monoisotopic (exact) mass is 709 g/mol. The number of methoxy groups -OCH3 is 3. The third kappa shape index (κ3) is 6.66. The van der Waals surface area contributed by atoms with Crippen LogP contribution in [0.5, 0.6) is 28.7 Å². The highest BCUT2D eigenvalue weighted by atomic mass is 35.5. The Bertz CT molecular complexity index is 2120. The van der Waals surface area contributed by atoms with Gasteiger partial charge in [0.05, 0.1) is 40.1 Å². The zero-order valence-electron chi connectivity index (χ0n) is 28.6. The summed E-state index contributed by atoms with van der Waals surface area (Å²) in [7, 11) is 4.68. The van der Waals surface area contributed by atoms with Gasteiger partial charge < -0.3 is 33.0 Å². The number of hydrogen-bond acceptors (Lipinski definition) is 11. The van der Waals surface area contributed by atoms with Crippen molar-refractivity contribution < 1.29 is 33.2 Å². The van der Waals surface area contributed by atoms with Gasteiger partial charge in [-0.15, -0.1) is 0 Å². The zero-order valence-corrected chi connectivity index (χ0v) is 29.3. The predicted molar refractivity (Wildman–Crippen MR) is 191 cm³/mol. The number of carbonyl (C=O) groups excluding carboxylic acids is 1. The molecule has 3 heterocycles. The van der Waals surface area contributed by atoms with Crippen molar-refractivity contribution in [2.24, 2.45) is 10.9 Å². The van der Waals surface area contributed by atoms with E-state index >= 15 is 0 Å². The molecule has 0 radical (unpaired) electrons. The lowest BCUT2D eigenvalue weighted by atomic mass is 9.71. The second-order valence-corrected chi connectivity index (χ2v) is 12.4. The molecule has 2 atom stereocenters. The first-order valence-corrected chi connectivity index (χ1v) is 16.8. The molecule has 262 valence electrons. The summed E-state index contributed by atoms with van der Waals surface area (Å²) in [4.78, 5) is 31.7. The fourth-order valence-corrected chi connectivity index (χ4v) is 6.68. The van der Waals surface area contributed by atoms with Crippen LogP contribution in [0, 0.1) is 5.92 Å². The number of ether oxygens (including phenoxy) is 6. The van der Waals surface area contributed by atoms with Crippen LogP contribution >= 0.6 is 11.6 Å². The maximum Gasteiger partial charge on any atom is 0.314 e. The Morgan fingerprint density at radius 1 is 0.980 bits per heavy atom. The molecule has 13 heteroatoms. The molecule has 0 amide bonds. The van der Waals surface area contributed by atoms with Crippen LogP contribution in [0.25, 0.3) is 17.2 Å². The maximum atomic E-state index is 14.4. The summed E-state index contributed by atoms with van der Waals surface area (Å²) < 4.78 is 36.6. The van der Waals surface area contributed by atoms with Crippen molar-refractivity contribution in [1.29, 1.82) is 0 Å². The minimum Gasteiger partial charge on any atom is -0.493 e. The number of aromatic nitrogens is 4. The number of hydrogen-bond donors (Lipinski definition) is 0. The molecule has 2 aliphatic rings. The summed E-state index contributed by atoms with van der Waals surface area (Å²) in [6.45, 7) is 3.39. The molecule has 0 saturated heterocycles. The third-order valence-electron chi connectivity index (χ3n) is 8.93. The summed E-state index contributed by atoms with van der Waals surface area (Å²) in [6, 6.07) is 15.5. The average Bonchev–Trinajstić information content (AvgIpc) is 3.79. The first-order valence-electron chi connectivity index (χ1n) is 16.4. The van der Waals surface area contributed by atoms with Gasteiger partial charge in [-0.1, -0.05) is 42.8 Å². The van der Waals surface area contributed by atoms with Gasteiger partial charge >= 0.3 is 5.97 Å². The van der Waals surface area contributed by atoms with Gasteiger partial charge in [-0.3, -0.25) is 9.79 Å². The van der Waals surface area contributed by atoms with Crippen molar-refractivity contribution in [2.45, 2.75) is 32.4 Å². The van der Waals surface area contributed by atoms with Gasteiger partial charge in [0.1, 0.15) is 18.5 Å². The Balaban J connectivity index is 1.21. The molecule has 12 nitrogen and oxygen atoms in total. The number of imidazole rings is 1. The largest absolute Gasteiger partial charge is 0.493 e. The molecule has 0 spiro atoms. The molecular weight excluding hydrogens is 674 g/mol. The minimum atomic E-state index is -0.760. The first kappa shape index (κ1) is 33.9. The van der Waals surface area contributed by atoms with Gasteiger partial charge in [-0.2, -0.15) is 0 Å². The van der Waals surface area contributed by atoms with E-state index in [2.05, 4.69) is 26.9 Å². The Morgan fingerprint density at radius 3 is 2.41 bits per heavy atom. The lowest BCUT2D eigenvalue weighted by molar-refractivity contribution is -0.148. The summed E-state index contributed by atoms with van der Waals surface area (Å²) in [6.07, 6.45) is 7.72. The standard InChI is InChI=1S/C38H36ClN5O7/c1-5-10-40-16-26-11-24-12-28-29(51-21-50-28)15-27(24)32(25-13-30(46-2)35(48-4)31(14-25)47-3)33(26)38(45)49-18-23-8-6-22(7-9-23)17-44-20-43-34-36(39)41-19-42-37(34)44/h6-9,11-16,19-20,32-33H,5,10,17-18,21H2,1-4H3/t32-,33-/m1/s1. The zero-order chi connectivity index (χ0) is 35.5. The van der Waals surface area contributed by atoms with Gasteiger partial charge in [0.2, 0.25) is 12.5 Å². The van der Waals surface area contributed by atoms with E-state index in [1.54, 1.807) is 33.9 Å². The number of nitrogens with zero attached hydrogens (tertiary/aromatic N) is 5. The van der Waals surface area contributed by atoms with Crippen molar-refractivity contribution >= 4 is 41.0 Å². The molecule has 0 bridgehead atoms. The van der Waals surface area contributed by atoms with Crippen molar-refractivity contribution in [3.05, 3.63) is 99.7 Å². The van der Waals surface area contributed by atoms with E-state index in [4.69, 9.17) is 40.0 Å². The van der Waals surface area contributed by atoms with Crippen LogP contribution in [0.4, 0.5) is 0 Å². The highest BCUT2D eigenvalue weighted by molar-refractivity contribution is 6.33. The molecule has 5 aromatic rings. The number of rotatable bonds is 12. The topological polar surface area (TPSA) is 128 Å². The Hall–Kier alpha value is -5.62. The number of esters is 1. The number of fused-ring (bicyclic) bond motifs is 3. The molecule has 1 aliphatic heterocycles. The normalized spacial score (nSPS) is 16.2. The van der Waals surface area contributed by atoms with E-state index in [9.17, 15) is 4.79 Å². The molecule has 0 unspecified atom stereocenters. The van der Waals surface area contributed by atoms with Crippen LogP contribution in [-0.2, 0) is 22.7 Å². The molecular formula is C38H36ClN5O7. The van der Waals surface area contributed by atoms with Crippen LogP contribution in [0.15, 0.2) is 71.8 Å². The fraction of sp³-hybridized carbons (Fsp3) is 0.289. The number of halogens is 1. The summed E-state index contributed by atoms with van der Waals surface area (Å²) in [5.74, 6) is 0.948. The lowest BCUT2D eigenvalue weighted by Crippen LogP contribution is -2.30. The minimum absolute atomic E-state index is 0.0712. The van der Waals surface area contributed by atoms with Gasteiger partial charge in [0.15, 0.2) is 33.8 Å². The Morgan fingerprint density at radius 2 is 1.71 bits per heavy atom. The molecule has 2 aromatic heterocycles. The predicted octanol–water partition coefficient (Wildman–Crippen LogP) is 6.65. The Labute approximate surface area is 299 Å². The number of carbonyl (C=O) groups is 1. The summed E-state index contributed by atoms with van der Waals surface area (Å²) >= 11 is 6.18. The van der Waals surface area contributed by atoms with Crippen molar-refractivity contribution in [1.82, 2.24) is 19.5 Å². The van der Waals surface area contributed by atoms with Gasteiger partial charge in [0.25, 0.3) is 0 Å².